The topological polar surface area (TPSA) is 42.4 Å². The maximum Gasteiger partial charge on any atom is 0.410 e. The molecule has 1 aliphatic rings. The Hall–Kier alpha value is -1.10. The molecule has 5 heteroatoms. The van der Waals surface area contributed by atoms with Crippen LogP contribution in [0.25, 0.3) is 0 Å². The van der Waals surface area contributed by atoms with E-state index < -0.39 is 5.60 Å². The highest BCUT2D eigenvalue weighted by Gasteiger charge is 2.28. The predicted octanol–water partition coefficient (Wildman–Crippen LogP) is 3.96. The molecule has 0 N–H and O–H groups in total. The van der Waals surface area contributed by atoms with Crippen LogP contribution >= 0.6 is 15.9 Å². The van der Waals surface area contributed by atoms with Gasteiger partial charge in [0.25, 0.3) is 0 Å². The fourth-order valence-corrected chi connectivity index (χ4v) is 2.37. The molecule has 20 heavy (non-hydrogen) atoms. The summed E-state index contributed by atoms with van der Waals surface area (Å²) < 4.78 is 29.6. The number of hydrogen-bond acceptors (Lipinski definition) is 3. The lowest BCUT2D eigenvalue weighted by Gasteiger charge is -2.34. The molecule has 1 aliphatic heterocycles. The molecule has 1 aromatic heterocycles. The smallest absolute Gasteiger partial charge is 0.410 e. The van der Waals surface area contributed by atoms with Crippen molar-refractivity contribution in [3.8, 4) is 0 Å². The number of carbonyl (C=O) groups excluding carboxylic acids is 1. The zero-order valence-corrected chi connectivity index (χ0v) is 13.6. The van der Waals surface area contributed by atoms with E-state index in [2.05, 4.69) is 20.9 Å². The van der Waals surface area contributed by atoms with Crippen molar-refractivity contribution in [1.82, 2.24) is 9.88 Å². The van der Waals surface area contributed by atoms with Crippen molar-refractivity contribution in [3.63, 3.8) is 0 Å². The number of carbonyl (C=O) groups is 1. The lowest BCUT2D eigenvalue weighted by atomic mass is 9.92. The first-order chi connectivity index (χ1) is 10.6. The number of piperidine rings is 1. The van der Waals surface area contributed by atoms with Gasteiger partial charge in [0.2, 0.25) is 0 Å². The highest BCUT2D eigenvalue weighted by molar-refractivity contribution is 9.10. The fraction of sp³-hybridized carbons (Fsp3) is 0.600. The van der Waals surface area contributed by atoms with Crippen molar-refractivity contribution >= 4 is 22.0 Å². The molecule has 1 saturated heterocycles. The van der Waals surface area contributed by atoms with E-state index in [-0.39, 0.29) is 34.9 Å². The highest BCUT2D eigenvalue weighted by atomic mass is 79.9. The Morgan fingerprint density at radius 1 is 1.55 bits per heavy atom. The van der Waals surface area contributed by atoms with Crippen molar-refractivity contribution in [3.05, 3.63) is 28.4 Å². The summed E-state index contributed by atoms with van der Waals surface area (Å²) in [6.07, 6.45) is 1.15. The minimum atomic E-state index is -0.557. The van der Waals surface area contributed by atoms with Crippen molar-refractivity contribution in [2.45, 2.75) is 45.1 Å². The molecular weight excluding hydrogens is 320 g/mol. The number of hydrogen-bond donors (Lipinski definition) is 0. The zero-order valence-electron chi connectivity index (χ0n) is 15.0. The summed E-state index contributed by atoms with van der Waals surface area (Å²) in [4.78, 5) is 17.8. The summed E-state index contributed by atoms with van der Waals surface area (Å²) in [5, 5.41) is 0. The van der Waals surface area contributed by atoms with Crippen LogP contribution in [0.4, 0.5) is 4.79 Å². The van der Waals surface area contributed by atoms with E-state index in [4.69, 9.17) is 8.85 Å². The van der Waals surface area contributed by atoms with Gasteiger partial charge in [0, 0.05) is 25.2 Å². The van der Waals surface area contributed by atoms with Crippen molar-refractivity contribution in [2.75, 3.05) is 13.1 Å². The summed E-state index contributed by atoms with van der Waals surface area (Å²) in [7, 11) is 0. The van der Waals surface area contributed by atoms with Gasteiger partial charge in [-0.25, -0.2) is 9.78 Å². The number of rotatable bonds is 1. The van der Waals surface area contributed by atoms with E-state index in [9.17, 15) is 4.79 Å². The molecule has 0 radical (unpaired) electrons. The molecule has 0 aromatic carbocycles. The van der Waals surface area contributed by atoms with Crippen LogP contribution in [0.3, 0.4) is 0 Å². The molecule has 4 nitrogen and oxygen atoms in total. The molecule has 2 heterocycles. The van der Waals surface area contributed by atoms with Gasteiger partial charge in [-0.1, -0.05) is 6.04 Å². The van der Waals surface area contributed by atoms with Crippen LogP contribution in [0.5, 0.6) is 0 Å². The van der Waals surface area contributed by atoms with Crippen LogP contribution in [0, 0.1) is 0 Å². The van der Waals surface area contributed by atoms with Crippen LogP contribution < -0.4 is 0 Å². The Balaban J connectivity index is 2.22. The van der Waals surface area contributed by atoms with Gasteiger partial charge in [-0.3, -0.25) is 0 Å². The van der Waals surface area contributed by atoms with E-state index in [0.29, 0.717) is 18.7 Å². The quantitative estimate of drug-likeness (QED) is 0.724. The second-order valence-corrected chi connectivity index (χ2v) is 6.69. The molecule has 0 bridgehead atoms. The molecule has 2 rings (SSSR count). The fourth-order valence-electron chi connectivity index (χ4n) is 2.18. The third-order valence-electron chi connectivity index (χ3n) is 3.06. The van der Waals surface area contributed by atoms with Gasteiger partial charge in [0.15, 0.2) is 0 Å². The third-order valence-corrected chi connectivity index (χ3v) is 3.43. The van der Waals surface area contributed by atoms with E-state index in [1.54, 1.807) is 4.90 Å². The van der Waals surface area contributed by atoms with Crippen molar-refractivity contribution in [2.24, 2.45) is 0 Å². The first-order valence-electron chi connectivity index (χ1n) is 8.21. The summed E-state index contributed by atoms with van der Waals surface area (Å²) in [5.41, 5.74) is -0.120. The van der Waals surface area contributed by atoms with E-state index in [0.717, 1.165) is 12.8 Å². The van der Waals surface area contributed by atoms with Gasteiger partial charge in [0.1, 0.15) is 10.2 Å². The maximum atomic E-state index is 12.2. The van der Waals surface area contributed by atoms with Crippen molar-refractivity contribution in [1.29, 1.82) is 0 Å². The van der Waals surface area contributed by atoms with E-state index in [1.165, 1.54) is 0 Å². The number of likely N-dealkylation sites (tertiary alicyclic amines) is 1. The van der Waals surface area contributed by atoms with E-state index >= 15 is 0 Å². The second-order valence-electron chi connectivity index (χ2n) is 5.94. The molecule has 1 amide bonds. The number of halogens is 1. The van der Waals surface area contributed by atoms with Crippen molar-refractivity contribution < 1.29 is 13.6 Å². The molecule has 0 aliphatic carbocycles. The van der Waals surface area contributed by atoms with Gasteiger partial charge in [-0.05, 0) is 61.1 Å². The molecule has 0 spiro atoms. The zero-order chi connectivity index (χ0) is 17.4. The SMILES string of the molecule is [2H]c1nc(Br)c([2H])c([2H])c1C1CCCN(C(=O)OC(C)(C)C)C1. The third kappa shape index (κ3) is 4.20. The number of nitrogens with zero attached hydrogens (tertiary/aromatic N) is 2. The Labute approximate surface area is 132 Å². The molecule has 1 aromatic rings. The first-order valence-corrected chi connectivity index (χ1v) is 7.50. The van der Waals surface area contributed by atoms with Crippen LogP contribution in [-0.4, -0.2) is 34.7 Å². The number of amides is 1. The largest absolute Gasteiger partial charge is 0.444 e. The van der Waals surface area contributed by atoms with Crippen LogP contribution in [0.2, 0.25) is 0 Å². The Morgan fingerprint density at radius 3 is 3.00 bits per heavy atom. The molecule has 1 fully saturated rings. The van der Waals surface area contributed by atoms with Gasteiger partial charge in [0.05, 0.1) is 4.11 Å². The molecule has 0 saturated carbocycles. The van der Waals surface area contributed by atoms with Gasteiger partial charge in [-0.15, -0.1) is 0 Å². The summed E-state index contributed by atoms with van der Waals surface area (Å²) in [6.45, 7) is 6.45. The normalized spacial score (nSPS) is 21.9. The summed E-state index contributed by atoms with van der Waals surface area (Å²) in [5.74, 6) is -0.166. The lowest BCUT2D eigenvalue weighted by molar-refractivity contribution is 0.0198. The molecule has 1 unspecified atom stereocenters. The number of aromatic nitrogens is 1. The highest BCUT2D eigenvalue weighted by Crippen LogP contribution is 2.27. The molecule has 110 valence electrons. The van der Waals surface area contributed by atoms with Gasteiger partial charge in [-0.2, -0.15) is 0 Å². The first kappa shape index (κ1) is 11.5. The Morgan fingerprint density at radius 2 is 2.30 bits per heavy atom. The standard InChI is InChI=1S/C15H21BrN2O2/c1-15(2,3)20-14(19)18-8-4-5-12(10-18)11-6-7-13(16)17-9-11/h6-7,9,12H,4-5,8,10H2,1-3H3/i6D,7D,9D. The monoisotopic (exact) mass is 343 g/mol. The van der Waals surface area contributed by atoms with Gasteiger partial charge >= 0.3 is 6.09 Å². The summed E-state index contributed by atoms with van der Waals surface area (Å²) in [6, 6.07) is -0.0155. The summed E-state index contributed by atoms with van der Waals surface area (Å²) >= 11 is 3.10. The minimum Gasteiger partial charge on any atom is -0.444 e. The minimum absolute atomic E-state index is 0.00564. The maximum absolute atomic E-state index is 12.2. The second kappa shape index (κ2) is 6.12. The average molecular weight is 344 g/mol. The number of ether oxygens (including phenoxy) is 1. The number of pyridine rings is 1. The van der Waals surface area contributed by atoms with Crippen LogP contribution in [0.15, 0.2) is 22.9 Å². The Kier molecular flexibility index (Phi) is 3.53. The van der Waals surface area contributed by atoms with Gasteiger partial charge < -0.3 is 9.64 Å². The lowest BCUT2D eigenvalue weighted by Crippen LogP contribution is -2.42. The Bertz CT molecular complexity index is 620. The van der Waals surface area contributed by atoms with E-state index in [1.807, 2.05) is 20.8 Å². The predicted molar refractivity (Wildman–Crippen MR) is 81.7 cm³/mol. The van der Waals surface area contributed by atoms with Crippen LogP contribution in [-0.2, 0) is 4.74 Å². The molecule has 1 atom stereocenters. The average Bonchev–Trinajstić information content (AvgIpc) is 2.43. The molecular formula is C15H21BrN2O2. The van der Waals surface area contributed by atoms with Crippen LogP contribution in [0.1, 0.15) is 49.2 Å².